The van der Waals surface area contributed by atoms with E-state index in [0.717, 1.165) is 6.07 Å². The Labute approximate surface area is 84.3 Å². The largest absolute Gasteiger partial charge is 0.504 e. The van der Waals surface area contributed by atoms with E-state index in [9.17, 15) is 18.3 Å². The van der Waals surface area contributed by atoms with Gasteiger partial charge in [-0.1, -0.05) is 12.1 Å². The molecule has 0 aromatic heterocycles. The van der Waals surface area contributed by atoms with Crippen molar-refractivity contribution in [2.24, 2.45) is 5.73 Å². The Hall–Kier alpha value is -1.43. The first-order valence-electron chi connectivity index (χ1n) is 4.06. The molecule has 3 nitrogen and oxygen atoms in total. The Balaban J connectivity index is 3.15. The molecule has 1 rings (SSSR count). The third kappa shape index (κ3) is 2.33. The maximum Gasteiger partial charge on any atom is 0.407 e. The van der Waals surface area contributed by atoms with E-state index in [1.165, 1.54) is 19.2 Å². The smallest absolute Gasteiger partial charge is 0.407 e. The fourth-order valence-electron chi connectivity index (χ4n) is 1.13. The lowest BCUT2D eigenvalue weighted by atomic mass is 10.1. The van der Waals surface area contributed by atoms with Gasteiger partial charge in [-0.05, 0) is 6.07 Å². The number of halogens is 3. The zero-order valence-corrected chi connectivity index (χ0v) is 7.88. The van der Waals surface area contributed by atoms with E-state index >= 15 is 0 Å². The summed E-state index contributed by atoms with van der Waals surface area (Å²) in [6, 6.07) is 1.57. The fourth-order valence-corrected chi connectivity index (χ4v) is 1.13. The van der Waals surface area contributed by atoms with Gasteiger partial charge in [-0.25, -0.2) is 0 Å². The van der Waals surface area contributed by atoms with Gasteiger partial charge in [0.2, 0.25) is 0 Å². The van der Waals surface area contributed by atoms with Gasteiger partial charge in [-0.2, -0.15) is 13.2 Å². The van der Waals surface area contributed by atoms with Crippen LogP contribution in [0.5, 0.6) is 11.5 Å². The average Bonchev–Trinajstić information content (AvgIpc) is 2.16. The predicted molar refractivity (Wildman–Crippen MR) is 47.6 cm³/mol. The number of ether oxygens (including phenoxy) is 1. The van der Waals surface area contributed by atoms with Crippen LogP contribution >= 0.6 is 0 Å². The van der Waals surface area contributed by atoms with Gasteiger partial charge in [-0.3, -0.25) is 0 Å². The summed E-state index contributed by atoms with van der Waals surface area (Å²) in [5.41, 5.74) is 4.55. The molecule has 0 radical (unpaired) electrons. The molecule has 6 heteroatoms. The Kier molecular flexibility index (Phi) is 3.09. The zero-order valence-electron chi connectivity index (χ0n) is 7.88. The van der Waals surface area contributed by atoms with Crippen LogP contribution in [-0.4, -0.2) is 18.4 Å². The molecule has 0 heterocycles. The van der Waals surface area contributed by atoms with Crippen LogP contribution in [0.2, 0.25) is 0 Å². The van der Waals surface area contributed by atoms with Crippen molar-refractivity contribution >= 4 is 0 Å². The summed E-state index contributed by atoms with van der Waals surface area (Å²) in [5.74, 6) is -0.614. The summed E-state index contributed by atoms with van der Waals surface area (Å²) in [6.07, 6.45) is -4.59. The Morgan fingerprint density at radius 1 is 1.40 bits per heavy atom. The number of phenolic OH excluding ortho intramolecular Hbond substituents is 1. The van der Waals surface area contributed by atoms with Gasteiger partial charge in [0.25, 0.3) is 0 Å². The Morgan fingerprint density at radius 2 is 2.00 bits per heavy atom. The molecule has 0 unspecified atom stereocenters. The second-order valence-corrected chi connectivity index (χ2v) is 2.92. The molecule has 15 heavy (non-hydrogen) atoms. The van der Waals surface area contributed by atoms with Crippen LogP contribution in [0.3, 0.4) is 0 Å². The zero-order chi connectivity index (χ0) is 11.6. The van der Waals surface area contributed by atoms with Crippen molar-refractivity contribution in [3.8, 4) is 11.5 Å². The number of para-hydroxylation sites is 1. The molecule has 0 saturated heterocycles. The Morgan fingerprint density at radius 3 is 2.47 bits per heavy atom. The van der Waals surface area contributed by atoms with E-state index in [2.05, 4.69) is 4.74 Å². The number of alkyl halides is 3. The van der Waals surface area contributed by atoms with Crippen LogP contribution in [-0.2, 0) is 0 Å². The third-order valence-corrected chi connectivity index (χ3v) is 1.94. The molecule has 1 aromatic rings. The lowest BCUT2D eigenvalue weighted by molar-refractivity contribution is -0.149. The van der Waals surface area contributed by atoms with Crippen molar-refractivity contribution in [3.63, 3.8) is 0 Å². The number of hydrogen-bond acceptors (Lipinski definition) is 3. The first kappa shape index (κ1) is 11.6. The summed E-state index contributed by atoms with van der Waals surface area (Å²) in [4.78, 5) is 0. The molecule has 1 atom stereocenters. The minimum absolute atomic E-state index is 0.0350. The molecule has 1 aromatic carbocycles. The van der Waals surface area contributed by atoms with Crippen molar-refractivity contribution in [2.75, 3.05) is 7.11 Å². The van der Waals surface area contributed by atoms with Crippen LogP contribution < -0.4 is 10.5 Å². The van der Waals surface area contributed by atoms with Crippen LogP contribution in [0.1, 0.15) is 11.6 Å². The number of benzene rings is 1. The summed E-state index contributed by atoms with van der Waals surface area (Å²) in [5, 5.41) is 9.42. The van der Waals surface area contributed by atoms with E-state index < -0.39 is 23.5 Å². The number of nitrogens with two attached hydrogens (primary N) is 1. The number of methoxy groups -OCH3 is 1. The van der Waals surface area contributed by atoms with Crippen molar-refractivity contribution < 1.29 is 23.0 Å². The minimum Gasteiger partial charge on any atom is -0.504 e. The quantitative estimate of drug-likeness (QED) is 0.802. The molecule has 0 saturated carbocycles. The molecule has 0 fully saturated rings. The van der Waals surface area contributed by atoms with Crippen LogP contribution in [0.15, 0.2) is 18.2 Å². The van der Waals surface area contributed by atoms with Crippen molar-refractivity contribution in [2.45, 2.75) is 12.2 Å². The van der Waals surface area contributed by atoms with Gasteiger partial charge in [-0.15, -0.1) is 0 Å². The lowest BCUT2D eigenvalue weighted by Crippen LogP contribution is -2.28. The predicted octanol–water partition coefficient (Wildman–Crippen LogP) is 1.96. The van der Waals surface area contributed by atoms with Crippen LogP contribution in [0.4, 0.5) is 13.2 Å². The van der Waals surface area contributed by atoms with E-state index in [-0.39, 0.29) is 5.75 Å². The highest BCUT2D eigenvalue weighted by atomic mass is 19.4. The molecule has 0 amide bonds. The van der Waals surface area contributed by atoms with E-state index in [0.29, 0.717) is 0 Å². The highest BCUT2D eigenvalue weighted by Crippen LogP contribution is 2.39. The molecule has 0 aliphatic carbocycles. The summed E-state index contributed by atoms with van der Waals surface area (Å²) >= 11 is 0. The van der Waals surface area contributed by atoms with Gasteiger partial charge in [0.05, 0.1) is 7.11 Å². The van der Waals surface area contributed by atoms with E-state index in [1.807, 2.05) is 0 Å². The third-order valence-electron chi connectivity index (χ3n) is 1.94. The first-order valence-corrected chi connectivity index (χ1v) is 4.06. The number of phenols is 1. The van der Waals surface area contributed by atoms with Crippen LogP contribution in [0, 0.1) is 0 Å². The van der Waals surface area contributed by atoms with Crippen molar-refractivity contribution in [1.82, 2.24) is 0 Å². The number of rotatable bonds is 2. The van der Waals surface area contributed by atoms with Crippen LogP contribution in [0.25, 0.3) is 0 Å². The number of aromatic hydroxyl groups is 1. The minimum atomic E-state index is -4.59. The molecule has 0 bridgehead atoms. The first-order chi connectivity index (χ1) is 6.88. The highest BCUT2D eigenvalue weighted by Gasteiger charge is 2.39. The Bertz CT molecular complexity index is 352. The molecule has 0 aliphatic rings. The summed E-state index contributed by atoms with van der Waals surface area (Å²) in [7, 11) is 1.25. The monoisotopic (exact) mass is 221 g/mol. The van der Waals surface area contributed by atoms with Gasteiger partial charge in [0, 0.05) is 5.56 Å². The maximum absolute atomic E-state index is 12.3. The second-order valence-electron chi connectivity index (χ2n) is 2.92. The topological polar surface area (TPSA) is 55.5 Å². The normalized spacial score (nSPS) is 13.7. The maximum atomic E-state index is 12.3. The van der Waals surface area contributed by atoms with Gasteiger partial charge < -0.3 is 15.6 Å². The lowest BCUT2D eigenvalue weighted by Gasteiger charge is -2.17. The molecular weight excluding hydrogens is 211 g/mol. The van der Waals surface area contributed by atoms with Gasteiger partial charge in [0.1, 0.15) is 6.04 Å². The number of hydrogen-bond donors (Lipinski definition) is 2. The average molecular weight is 221 g/mol. The summed E-state index contributed by atoms with van der Waals surface area (Å²) in [6.45, 7) is 0. The summed E-state index contributed by atoms with van der Waals surface area (Å²) < 4.78 is 41.5. The fraction of sp³-hybridized carbons (Fsp3) is 0.333. The van der Waals surface area contributed by atoms with Crippen molar-refractivity contribution in [3.05, 3.63) is 23.8 Å². The standard InChI is InChI=1S/C9H10F3NO2/c1-15-6-4-2-3-5(7(6)14)8(13)9(10,11)12/h2-4,8,14H,13H2,1H3/t8-/m1/s1. The molecule has 3 N–H and O–H groups in total. The second kappa shape index (κ2) is 3.98. The molecule has 0 aliphatic heterocycles. The van der Waals surface area contributed by atoms with E-state index in [1.54, 1.807) is 0 Å². The SMILES string of the molecule is COc1cccc([C@@H](N)C(F)(F)F)c1O. The van der Waals surface area contributed by atoms with Crippen molar-refractivity contribution in [1.29, 1.82) is 0 Å². The highest BCUT2D eigenvalue weighted by molar-refractivity contribution is 5.47. The molecular formula is C9H10F3NO2. The van der Waals surface area contributed by atoms with E-state index in [4.69, 9.17) is 5.73 Å². The van der Waals surface area contributed by atoms with Gasteiger partial charge >= 0.3 is 6.18 Å². The van der Waals surface area contributed by atoms with Gasteiger partial charge in [0.15, 0.2) is 11.5 Å². The molecule has 0 spiro atoms. The molecule has 84 valence electrons.